The maximum atomic E-state index is 11.3. The summed E-state index contributed by atoms with van der Waals surface area (Å²) in [6.45, 7) is 0.847. The van der Waals surface area contributed by atoms with Crippen molar-refractivity contribution in [3.05, 3.63) is 11.2 Å². The Labute approximate surface area is 86.7 Å². The molecule has 1 aromatic heterocycles. The number of hydrogen-bond donors (Lipinski definition) is 1. The number of rotatable bonds is 6. The van der Waals surface area contributed by atoms with Gasteiger partial charge in [-0.05, 0) is 23.8 Å². The van der Waals surface area contributed by atoms with Crippen molar-refractivity contribution in [2.24, 2.45) is 0 Å². The summed E-state index contributed by atoms with van der Waals surface area (Å²) >= 11 is 5.65. The SMILES string of the molecule is Nc1cc(Cl)nn1CCCCCOF. The minimum absolute atomic E-state index is 0.148. The summed E-state index contributed by atoms with van der Waals surface area (Å²) < 4.78 is 12.9. The number of aromatic nitrogens is 2. The summed E-state index contributed by atoms with van der Waals surface area (Å²) in [7, 11) is 0. The molecule has 1 rings (SSSR count). The fourth-order valence-electron chi connectivity index (χ4n) is 1.17. The van der Waals surface area contributed by atoms with Gasteiger partial charge in [-0.1, -0.05) is 11.6 Å². The lowest BCUT2D eigenvalue weighted by atomic mass is 10.2. The van der Waals surface area contributed by atoms with Crippen LogP contribution in [-0.2, 0) is 11.5 Å². The van der Waals surface area contributed by atoms with Crippen LogP contribution in [-0.4, -0.2) is 16.4 Å². The van der Waals surface area contributed by atoms with E-state index >= 15 is 0 Å². The van der Waals surface area contributed by atoms with Gasteiger partial charge in [0, 0.05) is 12.6 Å². The first-order chi connectivity index (χ1) is 6.74. The monoisotopic (exact) mass is 221 g/mol. The molecule has 0 unspecified atom stereocenters. The highest BCUT2D eigenvalue weighted by atomic mass is 35.5. The van der Waals surface area contributed by atoms with Crippen molar-refractivity contribution in [3.8, 4) is 0 Å². The van der Waals surface area contributed by atoms with Crippen molar-refractivity contribution in [3.63, 3.8) is 0 Å². The van der Waals surface area contributed by atoms with Gasteiger partial charge in [-0.2, -0.15) is 10.0 Å². The van der Waals surface area contributed by atoms with Gasteiger partial charge >= 0.3 is 0 Å². The highest BCUT2D eigenvalue weighted by Gasteiger charge is 2.01. The fourth-order valence-corrected chi connectivity index (χ4v) is 1.38. The van der Waals surface area contributed by atoms with Crippen LogP contribution in [0.4, 0.5) is 10.3 Å². The van der Waals surface area contributed by atoms with Crippen LogP contribution in [0.1, 0.15) is 19.3 Å². The van der Waals surface area contributed by atoms with E-state index in [9.17, 15) is 4.53 Å². The summed E-state index contributed by atoms with van der Waals surface area (Å²) in [5.41, 5.74) is 5.61. The predicted octanol–water partition coefficient (Wildman–Crippen LogP) is 2.19. The van der Waals surface area contributed by atoms with Gasteiger partial charge in [0.15, 0.2) is 5.15 Å². The van der Waals surface area contributed by atoms with Gasteiger partial charge in [-0.15, -0.1) is 0 Å². The van der Waals surface area contributed by atoms with E-state index in [1.165, 1.54) is 0 Å². The van der Waals surface area contributed by atoms with E-state index in [1.807, 2.05) is 0 Å². The summed E-state index contributed by atoms with van der Waals surface area (Å²) in [5.74, 6) is 0.553. The van der Waals surface area contributed by atoms with Gasteiger partial charge in [-0.25, -0.2) is 4.68 Å². The number of unbranched alkanes of at least 4 members (excludes halogenated alkanes) is 2. The molecule has 2 N–H and O–H groups in total. The zero-order valence-corrected chi connectivity index (χ0v) is 8.50. The highest BCUT2D eigenvalue weighted by molar-refractivity contribution is 6.29. The molecule has 4 nitrogen and oxygen atoms in total. The van der Waals surface area contributed by atoms with E-state index in [0.29, 0.717) is 23.9 Å². The second-order valence-corrected chi connectivity index (χ2v) is 3.38. The molecule has 0 saturated heterocycles. The van der Waals surface area contributed by atoms with Crippen LogP contribution in [0.2, 0.25) is 5.15 Å². The number of aryl methyl sites for hydroxylation is 1. The molecule has 80 valence electrons. The van der Waals surface area contributed by atoms with E-state index in [2.05, 4.69) is 10.0 Å². The molecule has 1 aromatic rings. The quantitative estimate of drug-likeness (QED) is 0.750. The van der Waals surface area contributed by atoms with Gasteiger partial charge < -0.3 is 5.73 Å². The fraction of sp³-hybridized carbons (Fsp3) is 0.625. The smallest absolute Gasteiger partial charge is 0.153 e. The maximum Gasteiger partial charge on any atom is 0.153 e. The van der Waals surface area contributed by atoms with Crippen LogP contribution in [0.3, 0.4) is 0 Å². The van der Waals surface area contributed by atoms with Crippen molar-refractivity contribution < 1.29 is 9.47 Å². The first kappa shape index (κ1) is 11.3. The zero-order chi connectivity index (χ0) is 10.4. The van der Waals surface area contributed by atoms with E-state index in [0.717, 1.165) is 12.8 Å². The highest BCUT2D eigenvalue weighted by Crippen LogP contribution is 2.12. The van der Waals surface area contributed by atoms with Crippen molar-refractivity contribution in [2.45, 2.75) is 25.8 Å². The Bertz CT molecular complexity index is 280. The van der Waals surface area contributed by atoms with Gasteiger partial charge in [0.2, 0.25) is 0 Å². The van der Waals surface area contributed by atoms with Crippen molar-refractivity contribution >= 4 is 17.4 Å². The normalized spacial score (nSPS) is 10.7. The first-order valence-electron chi connectivity index (χ1n) is 4.46. The Hall–Kier alpha value is -0.810. The molecule has 0 radical (unpaired) electrons. The van der Waals surface area contributed by atoms with Crippen LogP contribution in [0.5, 0.6) is 0 Å². The second-order valence-electron chi connectivity index (χ2n) is 2.99. The molecular formula is C8H13ClFN3O. The molecule has 0 spiro atoms. The van der Waals surface area contributed by atoms with Gasteiger partial charge in [0.25, 0.3) is 0 Å². The third-order valence-corrected chi connectivity index (χ3v) is 2.06. The standard InChI is InChI=1S/C8H13ClFN3O/c9-7-6-8(11)13(12-7)4-2-1-3-5-14-10/h6H,1-5,11H2. The molecule has 1 heterocycles. The minimum Gasteiger partial charge on any atom is -0.384 e. The van der Waals surface area contributed by atoms with Crippen LogP contribution < -0.4 is 5.73 Å². The predicted molar refractivity (Wildman–Crippen MR) is 52.6 cm³/mol. The Morgan fingerprint density at radius 1 is 1.50 bits per heavy atom. The van der Waals surface area contributed by atoms with Crippen molar-refractivity contribution in [2.75, 3.05) is 12.3 Å². The average Bonchev–Trinajstić information content (AvgIpc) is 2.45. The Kier molecular flexibility index (Phi) is 4.69. The summed E-state index contributed by atoms with van der Waals surface area (Å²) in [6, 6.07) is 1.60. The van der Waals surface area contributed by atoms with Gasteiger partial charge in [0.1, 0.15) is 5.82 Å². The largest absolute Gasteiger partial charge is 0.384 e. The number of nitrogens with two attached hydrogens (primary N) is 1. The molecule has 0 aliphatic rings. The lowest BCUT2D eigenvalue weighted by Gasteiger charge is -2.02. The van der Waals surface area contributed by atoms with Crippen LogP contribution >= 0.6 is 11.6 Å². The van der Waals surface area contributed by atoms with Gasteiger partial charge in [-0.3, -0.25) is 0 Å². The minimum atomic E-state index is 0.148. The van der Waals surface area contributed by atoms with Gasteiger partial charge in [0.05, 0.1) is 6.61 Å². The van der Waals surface area contributed by atoms with E-state index in [4.69, 9.17) is 17.3 Å². The third-order valence-electron chi connectivity index (χ3n) is 1.87. The molecule has 0 aliphatic carbocycles. The van der Waals surface area contributed by atoms with Crippen LogP contribution in [0.25, 0.3) is 0 Å². The third kappa shape index (κ3) is 3.51. The van der Waals surface area contributed by atoms with E-state index in [-0.39, 0.29) is 6.61 Å². The van der Waals surface area contributed by atoms with E-state index in [1.54, 1.807) is 10.7 Å². The molecule has 0 atom stereocenters. The number of hydrogen-bond acceptors (Lipinski definition) is 3. The first-order valence-corrected chi connectivity index (χ1v) is 4.84. The maximum absolute atomic E-state index is 11.3. The molecule has 0 aliphatic heterocycles. The molecular weight excluding hydrogens is 209 g/mol. The molecule has 0 amide bonds. The molecule has 0 fully saturated rings. The topological polar surface area (TPSA) is 53.1 Å². The number of halogens is 2. The Morgan fingerprint density at radius 2 is 2.29 bits per heavy atom. The lowest BCUT2D eigenvalue weighted by Crippen LogP contribution is -2.04. The van der Waals surface area contributed by atoms with Crippen molar-refractivity contribution in [1.82, 2.24) is 9.78 Å². The van der Waals surface area contributed by atoms with Crippen LogP contribution in [0.15, 0.2) is 6.07 Å². The van der Waals surface area contributed by atoms with Crippen molar-refractivity contribution in [1.29, 1.82) is 0 Å². The molecule has 0 saturated carbocycles. The number of nitrogen functional groups attached to an aromatic ring is 1. The van der Waals surface area contributed by atoms with Crippen LogP contribution in [0, 0.1) is 0 Å². The molecule has 6 heteroatoms. The van der Waals surface area contributed by atoms with E-state index < -0.39 is 0 Å². The average molecular weight is 222 g/mol. The number of nitrogens with zero attached hydrogens (tertiary/aromatic N) is 2. The lowest BCUT2D eigenvalue weighted by molar-refractivity contribution is -0.133. The zero-order valence-electron chi connectivity index (χ0n) is 7.75. The summed E-state index contributed by atoms with van der Waals surface area (Å²) in [4.78, 5) is 3.45. The summed E-state index contributed by atoms with van der Waals surface area (Å²) in [6.07, 6.45) is 2.46. The molecule has 0 bridgehead atoms. The number of anilines is 1. The molecule has 14 heavy (non-hydrogen) atoms. The molecule has 0 aromatic carbocycles. The Balaban J connectivity index is 2.21. The second kappa shape index (κ2) is 5.82. The Morgan fingerprint density at radius 3 is 2.86 bits per heavy atom. The summed E-state index contributed by atoms with van der Waals surface area (Å²) in [5, 5.41) is 4.38.